The van der Waals surface area contributed by atoms with E-state index in [9.17, 15) is 9.18 Å². The number of carbonyl (C=O) groups is 1. The van der Waals surface area contributed by atoms with E-state index in [2.05, 4.69) is 10.00 Å². The van der Waals surface area contributed by atoms with Crippen molar-refractivity contribution in [2.24, 2.45) is 0 Å². The third-order valence-corrected chi connectivity index (χ3v) is 5.56. The number of nitrogens with zero attached hydrogens (tertiary/aromatic N) is 4. The Morgan fingerprint density at radius 2 is 1.92 bits per heavy atom. The van der Waals surface area contributed by atoms with E-state index in [1.54, 1.807) is 23.0 Å². The lowest BCUT2D eigenvalue weighted by atomic mass is 10.1. The molecule has 140 valence electrons. The van der Waals surface area contributed by atoms with Gasteiger partial charge >= 0.3 is 0 Å². The second-order valence-corrected chi connectivity index (χ2v) is 7.31. The predicted octanol–water partition coefficient (Wildman–Crippen LogP) is 3.54. The zero-order valence-electron chi connectivity index (χ0n) is 14.8. The van der Waals surface area contributed by atoms with Crippen LogP contribution in [-0.4, -0.2) is 51.7 Å². The number of rotatable bonds is 4. The minimum absolute atomic E-state index is 0.0106. The number of carbonyl (C=O) groups excluding carboxylic acids is 1. The van der Waals surface area contributed by atoms with Crippen LogP contribution in [0.15, 0.2) is 24.4 Å². The summed E-state index contributed by atoms with van der Waals surface area (Å²) in [4.78, 5) is 16.7. The summed E-state index contributed by atoms with van der Waals surface area (Å²) in [5.74, 6) is -0.285. The Morgan fingerprint density at radius 1 is 1.23 bits per heavy atom. The Morgan fingerprint density at radius 3 is 2.50 bits per heavy atom. The van der Waals surface area contributed by atoms with Crippen LogP contribution in [0.4, 0.5) is 4.39 Å². The molecule has 2 heterocycles. The van der Waals surface area contributed by atoms with Crippen LogP contribution in [-0.2, 0) is 11.3 Å². The second-order valence-electron chi connectivity index (χ2n) is 6.50. The molecule has 1 aliphatic rings. The topological polar surface area (TPSA) is 41.4 Å². The lowest BCUT2D eigenvalue weighted by molar-refractivity contribution is -0.136. The van der Waals surface area contributed by atoms with Crippen LogP contribution in [0, 0.1) is 12.7 Å². The smallest absolute Gasteiger partial charge is 0.247 e. The van der Waals surface area contributed by atoms with Crippen molar-refractivity contribution in [1.29, 1.82) is 0 Å². The van der Waals surface area contributed by atoms with Gasteiger partial charge in [0.05, 0.1) is 16.9 Å². The average molecular weight is 399 g/mol. The molecule has 0 bridgehead atoms. The molecule has 2 aromatic rings. The van der Waals surface area contributed by atoms with Crippen molar-refractivity contribution < 1.29 is 9.18 Å². The third kappa shape index (κ3) is 3.87. The lowest BCUT2D eigenvalue weighted by Gasteiger charge is -2.36. The molecule has 1 fully saturated rings. The van der Waals surface area contributed by atoms with E-state index < -0.39 is 6.04 Å². The van der Waals surface area contributed by atoms with Gasteiger partial charge < -0.3 is 4.90 Å². The molecule has 1 amide bonds. The van der Waals surface area contributed by atoms with Gasteiger partial charge in [0.15, 0.2) is 0 Å². The molecule has 1 aromatic heterocycles. The molecule has 0 spiro atoms. The molecule has 8 heteroatoms. The van der Waals surface area contributed by atoms with Crippen LogP contribution in [0.25, 0.3) is 0 Å². The number of amides is 1. The summed E-state index contributed by atoms with van der Waals surface area (Å²) in [7, 11) is 0. The van der Waals surface area contributed by atoms with Gasteiger partial charge in [0.25, 0.3) is 0 Å². The Kier molecular flexibility index (Phi) is 5.85. The molecular formula is C18H21Cl2FN4O. The maximum Gasteiger partial charge on any atom is 0.247 e. The van der Waals surface area contributed by atoms with Gasteiger partial charge in [0, 0.05) is 43.3 Å². The third-order valence-electron chi connectivity index (χ3n) is 4.84. The summed E-state index contributed by atoms with van der Waals surface area (Å²) in [5, 5.41) is 5.18. The van der Waals surface area contributed by atoms with E-state index in [1.165, 1.54) is 6.07 Å². The number of piperazine rings is 1. The van der Waals surface area contributed by atoms with Gasteiger partial charge in [-0.15, -0.1) is 0 Å². The molecule has 26 heavy (non-hydrogen) atoms. The molecule has 1 atom stereocenters. The molecule has 1 saturated heterocycles. The molecule has 5 nitrogen and oxygen atoms in total. The quantitative estimate of drug-likeness (QED) is 0.790. The van der Waals surface area contributed by atoms with Crippen molar-refractivity contribution in [3.8, 4) is 0 Å². The second kappa shape index (κ2) is 7.94. The zero-order chi connectivity index (χ0) is 18.8. The first-order chi connectivity index (χ1) is 12.4. The molecule has 0 saturated carbocycles. The fourth-order valence-corrected chi connectivity index (χ4v) is 3.55. The molecule has 1 aromatic carbocycles. The monoisotopic (exact) mass is 398 g/mol. The van der Waals surface area contributed by atoms with Gasteiger partial charge in [-0.3, -0.25) is 14.4 Å². The number of aromatic nitrogens is 2. The van der Waals surface area contributed by atoms with Crippen molar-refractivity contribution >= 4 is 29.1 Å². The number of benzene rings is 1. The van der Waals surface area contributed by atoms with Crippen LogP contribution < -0.4 is 0 Å². The fraction of sp³-hybridized carbons (Fsp3) is 0.444. The summed E-state index contributed by atoms with van der Waals surface area (Å²) < 4.78 is 15.6. The molecule has 1 aliphatic heterocycles. The van der Waals surface area contributed by atoms with Gasteiger partial charge in [-0.25, -0.2) is 4.39 Å². The predicted molar refractivity (Wildman–Crippen MR) is 100.0 cm³/mol. The molecule has 3 rings (SSSR count). The normalized spacial score (nSPS) is 16.7. The number of hydrogen-bond acceptors (Lipinski definition) is 3. The van der Waals surface area contributed by atoms with Gasteiger partial charge in [0.1, 0.15) is 11.9 Å². The Bertz CT molecular complexity index is 782. The van der Waals surface area contributed by atoms with E-state index in [4.69, 9.17) is 23.2 Å². The zero-order valence-corrected chi connectivity index (χ0v) is 16.3. The minimum atomic E-state index is -0.407. The molecular weight excluding hydrogens is 378 g/mol. The standard InChI is InChI=1S/C18H21Cl2FN4O/c1-12-16(20)10-22-25(12)13(2)18(26)24-8-6-23(7-9-24)11-14-15(19)4-3-5-17(14)21/h3-5,10,13H,6-9,11H2,1-2H3. The van der Waals surface area contributed by atoms with Crippen LogP contribution >= 0.6 is 23.2 Å². The van der Waals surface area contributed by atoms with Crippen molar-refractivity contribution in [3.63, 3.8) is 0 Å². The van der Waals surface area contributed by atoms with Crippen LogP contribution in [0.5, 0.6) is 0 Å². The first-order valence-electron chi connectivity index (χ1n) is 8.52. The molecule has 1 unspecified atom stereocenters. The fourth-order valence-electron chi connectivity index (χ4n) is 3.20. The van der Waals surface area contributed by atoms with E-state index in [0.717, 1.165) is 5.69 Å². The summed E-state index contributed by atoms with van der Waals surface area (Å²) in [5.41, 5.74) is 1.28. The highest BCUT2D eigenvalue weighted by Gasteiger charge is 2.27. The first-order valence-corrected chi connectivity index (χ1v) is 9.27. The van der Waals surface area contributed by atoms with Crippen molar-refractivity contribution in [2.75, 3.05) is 26.2 Å². The lowest BCUT2D eigenvalue weighted by Crippen LogP contribution is -2.50. The number of halogens is 3. The highest BCUT2D eigenvalue weighted by molar-refractivity contribution is 6.31. The van der Waals surface area contributed by atoms with Gasteiger partial charge in [-0.1, -0.05) is 29.3 Å². The highest BCUT2D eigenvalue weighted by atomic mass is 35.5. The first kappa shape index (κ1) is 19.1. The maximum atomic E-state index is 13.9. The van der Waals surface area contributed by atoms with Crippen molar-refractivity contribution in [1.82, 2.24) is 19.6 Å². The van der Waals surface area contributed by atoms with Crippen LogP contribution in [0.3, 0.4) is 0 Å². The van der Waals surface area contributed by atoms with Crippen molar-refractivity contribution in [3.05, 3.63) is 51.5 Å². The van der Waals surface area contributed by atoms with E-state index in [1.807, 2.05) is 18.7 Å². The average Bonchev–Trinajstić information content (AvgIpc) is 2.97. The van der Waals surface area contributed by atoms with Crippen LogP contribution in [0.1, 0.15) is 24.2 Å². The summed E-state index contributed by atoms with van der Waals surface area (Å²) >= 11 is 12.1. The van der Waals surface area contributed by atoms with Gasteiger partial charge in [-0.05, 0) is 26.0 Å². The molecule has 0 radical (unpaired) electrons. The largest absolute Gasteiger partial charge is 0.338 e. The summed E-state index contributed by atoms with van der Waals surface area (Å²) in [6.45, 7) is 6.62. The van der Waals surface area contributed by atoms with Gasteiger partial charge in [-0.2, -0.15) is 5.10 Å². The molecule has 0 aliphatic carbocycles. The van der Waals surface area contributed by atoms with E-state index in [-0.39, 0.29) is 11.7 Å². The highest BCUT2D eigenvalue weighted by Crippen LogP contribution is 2.23. The van der Waals surface area contributed by atoms with Crippen LogP contribution in [0.2, 0.25) is 10.0 Å². The SMILES string of the molecule is Cc1c(Cl)cnn1C(C)C(=O)N1CCN(Cc2c(F)cccc2Cl)CC1. The van der Waals surface area contributed by atoms with E-state index in [0.29, 0.717) is 48.3 Å². The molecule has 0 N–H and O–H groups in total. The summed E-state index contributed by atoms with van der Waals surface area (Å²) in [6, 6.07) is 4.30. The maximum absolute atomic E-state index is 13.9. The van der Waals surface area contributed by atoms with Gasteiger partial charge in [0.2, 0.25) is 5.91 Å². The Balaban J connectivity index is 1.59. The number of hydrogen-bond donors (Lipinski definition) is 0. The van der Waals surface area contributed by atoms with E-state index >= 15 is 0 Å². The minimum Gasteiger partial charge on any atom is -0.338 e. The van der Waals surface area contributed by atoms with Crippen molar-refractivity contribution in [2.45, 2.75) is 26.4 Å². The summed E-state index contributed by atoms with van der Waals surface area (Å²) in [6.07, 6.45) is 1.55. The Hall–Kier alpha value is -1.63. The Labute approximate surface area is 162 Å².